The van der Waals surface area contributed by atoms with Crippen molar-refractivity contribution in [2.24, 2.45) is 0 Å². The van der Waals surface area contributed by atoms with E-state index in [1.807, 2.05) is 6.92 Å². The maximum absolute atomic E-state index is 11.6. The molecule has 0 aliphatic heterocycles. The van der Waals surface area contributed by atoms with E-state index in [1.165, 1.54) is 7.11 Å². The summed E-state index contributed by atoms with van der Waals surface area (Å²) < 4.78 is 30.3. The Kier molecular flexibility index (Phi) is 5.98. The number of carbonyl (C=O) groups is 1. The molecule has 0 spiro atoms. The van der Waals surface area contributed by atoms with Gasteiger partial charge >= 0.3 is 5.97 Å². The quantitative estimate of drug-likeness (QED) is 0.774. The normalized spacial score (nSPS) is 11.3. The molecular formula is C13H19NO4S. The number of esters is 1. The monoisotopic (exact) mass is 285 g/mol. The zero-order valence-corrected chi connectivity index (χ0v) is 12.0. The van der Waals surface area contributed by atoms with Gasteiger partial charge in [0.15, 0.2) is 0 Å². The van der Waals surface area contributed by atoms with E-state index in [0.29, 0.717) is 12.0 Å². The molecular weight excluding hydrogens is 266 g/mol. The van der Waals surface area contributed by atoms with Crippen molar-refractivity contribution in [3.63, 3.8) is 0 Å². The average molecular weight is 285 g/mol. The van der Waals surface area contributed by atoms with E-state index in [0.717, 1.165) is 12.0 Å². The summed E-state index contributed by atoms with van der Waals surface area (Å²) >= 11 is 0. The highest BCUT2D eigenvalue weighted by molar-refractivity contribution is 7.89. The number of ether oxygens (including phenoxy) is 1. The van der Waals surface area contributed by atoms with Gasteiger partial charge in [0.25, 0.3) is 0 Å². The highest BCUT2D eigenvalue weighted by atomic mass is 32.2. The highest BCUT2D eigenvalue weighted by Crippen LogP contribution is 2.06. The Balaban J connectivity index is 2.57. The second-order valence-corrected chi connectivity index (χ2v) is 6.11. The molecule has 0 atom stereocenters. The van der Waals surface area contributed by atoms with Gasteiger partial charge in [-0.05, 0) is 24.1 Å². The minimum Gasteiger partial charge on any atom is -0.465 e. The Bertz CT molecular complexity index is 508. The number of carbonyl (C=O) groups excluding carboxylic acids is 1. The highest BCUT2D eigenvalue weighted by Gasteiger charge is 2.09. The summed E-state index contributed by atoms with van der Waals surface area (Å²) in [6.07, 6.45) is 1.49. The third-order valence-corrected chi connectivity index (χ3v) is 4.05. The van der Waals surface area contributed by atoms with Crippen LogP contribution in [0.4, 0.5) is 0 Å². The molecule has 0 bridgehead atoms. The number of sulfonamides is 1. The molecule has 106 valence electrons. The fraction of sp³-hybridized carbons (Fsp3) is 0.462. The zero-order chi connectivity index (χ0) is 14.3. The maximum atomic E-state index is 11.6. The summed E-state index contributed by atoms with van der Waals surface area (Å²) in [5.41, 5.74) is 1.24. The number of benzene rings is 1. The number of hydrogen-bond acceptors (Lipinski definition) is 4. The van der Waals surface area contributed by atoms with E-state index in [4.69, 9.17) is 0 Å². The Morgan fingerprint density at radius 3 is 2.42 bits per heavy atom. The van der Waals surface area contributed by atoms with Crippen LogP contribution < -0.4 is 4.72 Å². The molecule has 0 unspecified atom stereocenters. The number of hydrogen-bond donors (Lipinski definition) is 1. The molecule has 1 aromatic rings. The lowest BCUT2D eigenvalue weighted by Gasteiger charge is -2.06. The van der Waals surface area contributed by atoms with E-state index < -0.39 is 16.0 Å². The minimum absolute atomic E-state index is 0.143. The molecule has 0 aliphatic carbocycles. The molecule has 0 aliphatic rings. The number of nitrogens with one attached hydrogen (secondary N) is 1. The van der Waals surface area contributed by atoms with E-state index in [9.17, 15) is 13.2 Å². The van der Waals surface area contributed by atoms with Gasteiger partial charge in [-0.3, -0.25) is 0 Å². The van der Waals surface area contributed by atoms with Crippen molar-refractivity contribution in [2.75, 3.05) is 12.9 Å². The van der Waals surface area contributed by atoms with Crippen LogP contribution in [-0.4, -0.2) is 27.2 Å². The van der Waals surface area contributed by atoms with Crippen LogP contribution in [0.5, 0.6) is 0 Å². The van der Waals surface area contributed by atoms with Crippen LogP contribution in [0.3, 0.4) is 0 Å². The molecule has 6 heteroatoms. The van der Waals surface area contributed by atoms with Crippen molar-refractivity contribution < 1.29 is 17.9 Å². The molecule has 0 fully saturated rings. The smallest absolute Gasteiger partial charge is 0.337 e. The van der Waals surface area contributed by atoms with E-state index in [1.54, 1.807) is 24.3 Å². The van der Waals surface area contributed by atoms with Crippen molar-refractivity contribution in [3.8, 4) is 0 Å². The Hall–Kier alpha value is -1.40. The molecule has 0 saturated heterocycles. The third-order valence-electron chi connectivity index (χ3n) is 2.64. The van der Waals surface area contributed by atoms with Gasteiger partial charge in [0.2, 0.25) is 10.0 Å². The van der Waals surface area contributed by atoms with Crippen molar-refractivity contribution in [1.82, 2.24) is 4.72 Å². The summed E-state index contributed by atoms with van der Waals surface area (Å²) in [6, 6.07) is 6.63. The standard InChI is InChI=1S/C13H19NO4S/c1-3-4-9-19(16,17)14-10-11-5-7-12(8-6-11)13(15)18-2/h5-8,14H,3-4,9-10H2,1-2H3. The molecule has 19 heavy (non-hydrogen) atoms. The summed E-state index contributed by atoms with van der Waals surface area (Å²) in [4.78, 5) is 11.2. The molecule has 1 rings (SSSR count). The predicted octanol–water partition coefficient (Wildman–Crippen LogP) is 1.69. The van der Waals surface area contributed by atoms with Crippen molar-refractivity contribution in [3.05, 3.63) is 35.4 Å². The number of methoxy groups -OCH3 is 1. The van der Waals surface area contributed by atoms with Crippen LogP contribution >= 0.6 is 0 Å². The van der Waals surface area contributed by atoms with Gasteiger partial charge in [-0.1, -0.05) is 25.5 Å². The van der Waals surface area contributed by atoms with E-state index in [2.05, 4.69) is 9.46 Å². The van der Waals surface area contributed by atoms with Gasteiger partial charge in [0.05, 0.1) is 18.4 Å². The average Bonchev–Trinajstić information content (AvgIpc) is 2.43. The summed E-state index contributed by atoms with van der Waals surface area (Å²) in [7, 11) is -1.90. The molecule has 0 aromatic heterocycles. The second-order valence-electron chi connectivity index (χ2n) is 4.18. The van der Waals surface area contributed by atoms with Crippen molar-refractivity contribution in [1.29, 1.82) is 0 Å². The largest absolute Gasteiger partial charge is 0.465 e. The van der Waals surface area contributed by atoms with Gasteiger partial charge in [-0.25, -0.2) is 17.9 Å². The minimum atomic E-state index is -3.21. The van der Waals surface area contributed by atoms with E-state index in [-0.39, 0.29) is 12.3 Å². The SMILES string of the molecule is CCCCS(=O)(=O)NCc1ccc(C(=O)OC)cc1. The van der Waals surface area contributed by atoms with Gasteiger partial charge in [0.1, 0.15) is 0 Å². The van der Waals surface area contributed by atoms with E-state index >= 15 is 0 Å². The predicted molar refractivity (Wildman–Crippen MR) is 73.3 cm³/mol. The molecule has 0 heterocycles. The van der Waals surface area contributed by atoms with Gasteiger partial charge in [0, 0.05) is 6.54 Å². The Morgan fingerprint density at radius 1 is 1.26 bits per heavy atom. The fourth-order valence-electron chi connectivity index (χ4n) is 1.48. The molecule has 0 radical (unpaired) electrons. The second kappa shape index (κ2) is 7.25. The van der Waals surface area contributed by atoms with Crippen molar-refractivity contribution >= 4 is 16.0 Å². The fourth-order valence-corrected chi connectivity index (χ4v) is 2.68. The summed E-state index contributed by atoms with van der Waals surface area (Å²) in [6.45, 7) is 2.18. The molecule has 0 amide bonds. The van der Waals surface area contributed by atoms with Gasteiger partial charge in [-0.15, -0.1) is 0 Å². The van der Waals surface area contributed by atoms with Gasteiger partial charge < -0.3 is 4.74 Å². The molecule has 1 N–H and O–H groups in total. The number of rotatable bonds is 7. The lowest BCUT2D eigenvalue weighted by Crippen LogP contribution is -2.25. The van der Waals surface area contributed by atoms with Gasteiger partial charge in [-0.2, -0.15) is 0 Å². The Morgan fingerprint density at radius 2 is 1.89 bits per heavy atom. The molecule has 1 aromatic carbocycles. The first-order valence-corrected chi connectivity index (χ1v) is 7.78. The third kappa shape index (κ3) is 5.40. The summed E-state index contributed by atoms with van der Waals surface area (Å²) in [5.74, 6) is -0.265. The first-order chi connectivity index (χ1) is 8.98. The van der Waals surface area contributed by atoms with Crippen molar-refractivity contribution in [2.45, 2.75) is 26.3 Å². The first kappa shape index (κ1) is 15.7. The first-order valence-electron chi connectivity index (χ1n) is 6.13. The van der Waals surface area contributed by atoms with Crippen LogP contribution in [0.15, 0.2) is 24.3 Å². The lowest BCUT2D eigenvalue weighted by atomic mass is 10.1. The molecule has 5 nitrogen and oxygen atoms in total. The maximum Gasteiger partial charge on any atom is 0.337 e. The molecule has 0 saturated carbocycles. The zero-order valence-electron chi connectivity index (χ0n) is 11.2. The summed E-state index contributed by atoms with van der Waals surface area (Å²) in [5, 5.41) is 0. The van der Waals surface area contributed by atoms with Crippen LogP contribution in [0, 0.1) is 0 Å². The Labute approximate surface area is 114 Å². The number of unbranched alkanes of at least 4 members (excludes halogenated alkanes) is 1. The van der Waals surface area contributed by atoms with Crippen LogP contribution in [0.1, 0.15) is 35.7 Å². The van der Waals surface area contributed by atoms with Crippen LogP contribution in [0.25, 0.3) is 0 Å². The topological polar surface area (TPSA) is 72.5 Å². The lowest BCUT2D eigenvalue weighted by molar-refractivity contribution is 0.0600. The van der Waals surface area contributed by atoms with Crippen LogP contribution in [0.2, 0.25) is 0 Å². The van der Waals surface area contributed by atoms with Crippen LogP contribution in [-0.2, 0) is 21.3 Å².